The van der Waals surface area contributed by atoms with Crippen molar-refractivity contribution in [1.29, 1.82) is 0 Å². The largest absolute Gasteiger partial charge is 0.339 e. The zero-order chi connectivity index (χ0) is 14.5. The van der Waals surface area contributed by atoms with E-state index in [2.05, 4.69) is 11.5 Å². The molecule has 6 nitrogen and oxygen atoms in total. The Morgan fingerprint density at radius 3 is 2.42 bits per heavy atom. The summed E-state index contributed by atoms with van der Waals surface area (Å²) < 4.78 is 22.1. The number of hydrogen-bond donors (Lipinski definition) is 1. The number of sulfone groups is 1. The second-order valence-corrected chi connectivity index (χ2v) is 7.20. The minimum absolute atomic E-state index is 0.0453. The molecule has 1 atom stereocenters. The molecule has 0 aromatic rings. The summed E-state index contributed by atoms with van der Waals surface area (Å²) in [4.78, 5) is 16.0. The van der Waals surface area contributed by atoms with Gasteiger partial charge in [0.05, 0.1) is 11.8 Å². The molecule has 0 bridgehead atoms. The van der Waals surface area contributed by atoms with Gasteiger partial charge in [0.25, 0.3) is 0 Å². The number of carbonyl (C=O) groups excluding carboxylic acids is 1. The van der Waals surface area contributed by atoms with E-state index in [1.807, 2.05) is 6.08 Å². The molecule has 0 aromatic carbocycles. The first-order chi connectivity index (χ1) is 8.83. The van der Waals surface area contributed by atoms with E-state index in [-0.39, 0.29) is 18.1 Å². The van der Waals surface area contributed by atoms with Crippen molar-refractivity contribution in [3.8, 4) is 0 Å². The van der Waals surface area contributed by atoms with E-state index in [9.17, 15) is 13.2 Å². The van der Waals surface area contributed by atoms with Crippen molar-refractivity contribution < 1.29 is 13.2 Å². The average molecular weight is 289 g/mol. The fraction of sp³-hybridized carbons (Fsp3) is 0.750. The average Bonchev–Trinajstić information content (AvgIpc) is 2.35. The van der Waals surface area contributed by atoms with Gasteiger partial charge in [-0.1, -0.05) is 6.08 Å². The van der Waals surface area contributed by atoms with Gasteiger partial charge in [0.15, 0.2) is 0 Å². The maximum atomic E-state index is 12.0. The molecule has 7 heteroatoms. The van der Waals surface area contributed by atoms with Gasteiger partial charge in [-0.2, -0.15) is 0 Å². The van der Waals surface area contributed by atoms with Crippen LogP contribution in [0, 0.1) is 0 Å². The molecule has 1 heterocycles. The van der Waals surface area contributed by atoms with Gasteiger partial charge in [-0.05, 0) is 6.42 Å². The lowest BCUT2D eigenvalue weighted by Gasteiger charge is -2.35. The lowest BCUT2D eigenvalue weighted by molar-refractivity contribution is -0.134. The first-order valence-electron chi connectivity index (χ1n) is 6.39. The Labute approximate surface area is 115 Å². The van der Waals surface area contributed by atoms with Crippen molar-refractivity contribution >= 4 is 15.7 Å². The van der Waals surface area contributed by atoms with Crippen LogP contribution in [0.25, 0.3) is 0 Å². The van der Waals surface area contributed by atoms with E-state index in [4.69, 9.17) is 5.73 Å². The first kappa shape index (κ1) is 16.1. The monoisotopic (exact) mass is 289 g/mol. The Kier molecular flexibility index (Phi) is 5.96. The number of nitrogens with two attached hydrogens (primary N) is 1. The van der Waals surface area contributed by atoms with Gasteiger partial charge in [0.2, 0.25) is 5.91 Å². The third kappa shape index (κ3) is 5.71. The van der Waals surface area contributed by atoms with Gasteiger partial charge in [-0.25, -0.2) is 8.42 Å². The third-order valence-corrected chi connectivity index (χ3v) is 4.17. The Bertz CT molecular complexity index is 414. The molecule has 0 radical (unpaired) electrons. The van der Waals surface area contributed by atoms with E-state index in [0.717, 1.165) is 25.9 Å². The molecule has 1 amide bonds. The highest BCUT2D eigenvalue weighted by Gasteiger charge is 2.25. The van der Waals surface area contributed by atoms with Crippen LogP contribution in [0.3, 0.4) is 0 Å². The topological polar surface area (TPSA) is 83.7 Å². The SMILES string of the molecule is C=CCN1CCN(C(=O)C(N)CCS(C)(=O)=O)CC1. The molecule has 2 N–H and O–H groups in total. The fourth-order valence-corrected chi connectivity index (χ4v) is 2.71. The summed E-state index contributed by atoms with van der Waals surface area (Å²) in [5, 5.41) is 0. The molecular formula is C12H23N3O3S. The van der Waals surface area contributed by atoms with Gasteiger partial charge >= 0.3 is 0 Å². The zero-order valence-corrected chi connectivity index (χ0v) is 12.2. The van der Waals surface area contributed by atoms with Crippen LogP contribution in [0.15, 0.2) is 12.7 Å². The Morgan fingerprint density at radius 2 is 1.95 bits per heavy atom. The molecule has 1 fully saturated rings. The summed E-state index contributed by atoms with van der Waals surface area (Å²) in [6.45, 7) is 7.39. The first-order valence-corrected chi connectivity index (χ1v) is 8.45. The molecule has 110 valence electrons. The summed E-state index contributed by atoms with van der Waals surface area (Å²) in [6.07, 6.45) is 3.18. The predicted octanol–water partition coefficient (Wildman–Crippen LogP) is -0.921. The number of hydrogen-bond acceptors (Lipinski definition) is 5. The van der Waals surface area contributed by atoms with E-state index < -0.39 is 15.9 Å². The molecule has 1 saturated heterocycles. The van der Waals surface area contributed by atoms with Crippen LogP contribution in [-0.2, 0) is 14.6 Å². The molecule has 1 unspecified atom stereocenters. The Balaban J connectivity index is 2.40. The summed E-state index contributed by atoms with van der Waals surface area (Å²) in [5.41, 5.74) is 5.76. The van der Waals surface area contributed by atoms with E-state index in [1.165, 1.54) is 0 Å². The van der Waals surface area contributed by atoms with Crippen LogP contribution < -0.4 is 5.73 Å². The molecule has 0 saturated carbocycles. The third-order valence-electron chi connectivity index (χ3n) is 3.19. The van der Waals surface area contributed by atoms with Gasteiger partial charge < -0.3 is 10.6 Å². The molecule has 1 rings (SSSR count). The summed E-state index contributed by atoms with van der Waals surface area (Å²) in [5.74, 6) is -0.196. The van der Waals surface area contributed by atoms with Crippen molar-refractivity contribution in [1.82, 2.24) is 9.80 Å². The van der Waals surface area contributed by atoms with Gasteiger partial charge in [-0.3, -0.25) is 9.69 Å². The van der Waals surface area contributed by atoms with Crippen molar-refractivity contribution in [3.05, 3.63) is 12.7 Å². The second-order valence-electron chi connectivity index (χ2n) is 4.94. The molecule has 0 aromatic heterocycles. The second kappa shape index (κ2) is 7.02. The molecular weight excluding hydrogens is 266 g/mol. The van der Waals surface area contributed by atoms with Crippen LogP contribution in [0.2, 0.25) is 0 Å². The van der Waals surface area contributed by atoms with Crippen molar-refractivity contribution in [2.75, 3.05) is 44.7 Å². The van der Waals surface area contributed by atoms with Crippen LogP contribution in [-0.4, -0.2) is 74.9 Å². The van der Waals surface area contributed by atoms with Crippen LogP contribution in [0.4, 0.5) is 0 Å². The van der Waals surface area contributed by atoms with E-state index >= 15 is 0 Å². The maximum Gasteiger partial charge on any atom is 0.239 e. The van der Waals surface area contributed by atoms with Crippen molar-refractivity contribution in [2.45, 2.75) is 12.5 Å². The Morgan fingerprint density at radius 1 is 1.37 bits per heavy atom. The fourth-order valence-electron chi connectivity index (χ4n) is 2.03. The normalized spacial score (nSPS) is 19.2. The standard InChI is InChI=1S/C12H23N3O3S/c1-3-5-14-6-8-15(9-7-14)12(16)11(13)4-10-19(2,17)18/h3,11H,1,4-10,13H2,2H3. The highest BCUT2D eigenvalue weighted by Crippen LogP contribution is 2.05. The summed E-state index contributed by atoms with van der Waals surface area (Å²) in [7, 11) is -3.07. The van der Waals surface area contributed by atoms with Crippen LogP contribution in [0.5, 0.6) is 0 Å². The zero-order valence-electron chi connectivity index (χ0n) is 11.4. The quantitative estimate of drug-likeness (QED) is 0.639. The lowest BCUT2D eigenvalue weighted by Crippen LogP contribution is -2.53. The van der Waals surface area contributed by atoms with E-state index in [0.29, 0.717) is 13.1 Å². The number of rotatable bonds is 6. The molecule has 19 heavy (non-hydrogen) atoms. The van der Waals surface area contributed by atoms with Gasteiger partial charge in [-0.15, -0.1) is 6.58 Å². The minimum Gasteiger partial charge on any atom is -0.339 e. The predicted molar refractivity (Wildman–Crippen MR) is 75.5 cm³/mol. The maximum absolute atomic E-state index is 12.0. The molecule has 0 aliphatic carbocycles. The summed E-state index contributed by atoms with van der Waals surface area (Å²) >= 11 is 0. The van der Waals surface area contributed by atoms with Gasteiger partial charge in [0.1, 0.15) is 9.84 Å². The highest BCUT2D eigenvalue weighted by molar-refractivity contribution is 7.90. The molecule has 1 aliphatic heterocycles. The highest BCUT2D eigenvalue weighted by atomic mass is 32.2. The number of piperazine rings is 1. The molecule has 1 aliphatic rings. The number of carbonyl (C=O) groups is 1. The molecule has 0 spiro atoms. The van der Waals surface area contributed by atoms with Crippen LogP contribution in [0.1, 0.15) is 6.42 Å². The minimum atomic E-state index is -3.07. The number of amides is 1. The Hall–Kier alpha value is -0.920. The van der Waals surface area contributed by atoms with E-state index in [1.54, 1.807) is 4.90 Å². The smallest absolute Gasteiger partial charge is 0.239 e. The lowest BCUT2D eigenvalue weighted by atomic mass is 10.2. The summed E-state index contributed by atoms with van der Waals surface area (Å²) in [6, 6.07) is -0.722. The van der Waals surface area contributed by atoms with Crippen molar-refractivity contribution in [2.24, 2.45) is 5.73 Å². The van der Waals surface area contributed by atoms with Crippen LogP contribution >= 0.6 is 0 Å². The van der Waals surface area contributed by atoms with Crippen molar-refractivity contribution in [3.63, 3.8) is 0 Å². The number of nitrogens with zero attached hydrogens (tertiary/aromatic N) is 2. The van der Waals surface area contributed by atoms with Gasteiger partial charge in [0, 0.05) is 39.0 Å².